The summed E-state index contributed by atoms with van der Waals surface area (Å²) in [6.07, 6.45) is 3.06. The first-order valence-electron chi connectivity index (χ1n) is 5.23. The molecule has 8 heteroatoms. The minimum atomic E-state index is -0.539. The highest BCUT2D eigenvalue weighted by Gasteiger charge is 2.11. The molecule has 0 amide bonds. The zero-order valence-electron chi connectivity index (χ0n) is 9.62. The van der Waals surface area contributed by atoms with Crippen molar-refractivity contribution in [2.24, 2.45) is 5.73 Å². The molecule has 0 unspecified atom stereocenters. The third-order valence-corrected chi connectivity index (χ3v) is 2.54. The quantitative estimate of drug-likeness (QED) is 0.680. The first kappa shape index (κ1) is 13.2. The van der Waals surface area contributed by atoms with Crippen LogP contribution in [0.1, 0.15) is 5.56 Å². The number of nitrogens with zero attached hydrogens (tertiary/aromatic N) is 3. The van der Waals surface area contributed by atoms with Crippen molar-refractivity contribution in [2.45, 2.75) is 6.54 Å². The van der Waals surface area contributed by atoms with Gasteiger partial charge in [0.1, 0.15) is 5.75 Å². The molecule has 0 atom stereocenters. The Labute approximate surface area is 113 Å². The molecule has 2 rings (SSSR count). The molecule has 0 saturated heterocycles. The molecular weight excluding hydrogens is 272 g/mol. The normalized spacial score (nSPS) is 10.2. The summed E-state index contributed by atoms with van der Waals surface area (Å²) in [6.45, 7) is 0.332. The number of non-ortho nitro benzene ring substituents is 1. The van der Waals surface area contributed by atoms with Gasteiger partial charge in [-0.3, -0.25) is 10.1 Å². The summed E-state index contributed by atoms with van der Waals surface area (Å²) in [5.74, 6) is 0.243. The minimum absolute atomic E-state index is 0.0907. The molecule has 0 aliphatic heterocycles. The molecule has 0 fully saturated rings. The van der Waals surface area contributed by atoms with Crippen LogP contribution < -0.4 is 10.5 Å². The zero-order chi connectivity index (χ0) is 13.8. The molecule has 2 N–H and O–H groups in total. The summed E-state index contributed by atoms with van der Waals surface area (Å²) in [7, 11) is 0. The van der Waals surface area contributed by atoms with Crippen LogP contribution in [0.3, 0.4) is 0 Å². The Bertz CT molecular complexity index is 603. The SMILES string of the molecule is NCc1cnc(Oc2ccc([N+](=O)[O-])cc2Cl)nc1. The second kappa shape index (κ2) is 5.59. The molecule has 0 radical (unpaired) electrons. The number of ether oxygens (including phenoxy) is 1. The van der Waals surface area contributed by atoms with Gasteiger partial charge in [0.05, 0.1) is 9.95 Å². The van der Waals surface area contributed by atoms with Crippen LogP contribution in [0.15, 0.2) is 30.6 Å². The van der Waals surface area contributed by atoms with Crippen LogP contribution in [0.2, 0.25) is 5.02 Å². The Morgan fingerprint density at radius 3 is 2.58 bits per heavy atom. The third kappa shape index (κ3) is 3.15. The van der Waals surface area contributed by atoms with E-state index in [9.17, 15) is 10.1 Å². The van der Waals surface area contributed by atoms with Gasteiger partial charge in [0, 0.05) is 36.6 Å². The molecule has 0 saturated carbocycles. The van der Waals surface area contributed by atoms with E-state index in [4.69, 9.17) is 22.1 Å². The van der Waals surface area contributed by atoms with E-state index in [1.807, 2.05) is 0 Å². The lowest BCUT2D eigenvalue weighted by Gasteiger charge is -2.05. The highest BCUT2D eigenvalue weighted by Crippen LogP contribution is 2.30. The number of benzene rings is 1. The molecule has 0 spiro atoms. The van der Waals surface area contributed by atoms with E-state index < -0.39 is 4.92 Å². The Morgan fingerprint density at radius 1 is 1.37 bits per heavy atom. The molecule has 0 aliphatic carbocycles. The van der Waals surface area contributed by atoms with Crippen LogP contribution in [0.4, 0.5) is 5.69 Å². The molecule has 2 aromatic rings. The number of halogens is 1. The number of nitro groups is 1. The zero-order valence-corrected chi connectivity index (χ0v) is 10.4. The fourth-order valence-electron chi connectivity index (χ4n) is 1.29. The lowest BCUT2D eigenvalue weighted by Crippen LogP contribution is -1.99. The van der Waals surface area contributed by atoms with Gasteiger partial charge in [0.2, 0.25) is 0 Å². The number of nitrogens with two attached hydrogens (primary N) is 1. The van der Waals surface area contributed by atoms with E-state index in [2.05, 4.69) is 9.97 Å². The Morgan fingerprint density at radius 2 is 2.05 bits per heavy atom. The van der Waals surface area contributed by atoms with E-state index in [1.165, 1.54) is 30.6 Å². The van der Waals surface area contributed by atoms with Crippen LogP contribution >= 0.6 is 11.6 Å². The van der Waals surface area contributed by atoms with Crippen molar-refractivity contribution in [2.75, 3.05) is 0 Å². The highest BCUT2D eigenvalue weighted by atomic mass is 35.5. The number of hydrogen-bond donors (Lipinski definition) is 1. The minimum Gasteiger partial charge on any atom is -0.423 e. The molecule has 7 nitrogen and oxygen atoms in total. The summed E-state index contributed by atoms with van der Waals surface area (Å²) in [6, 6.07) is 3.97. The molecular formula is C11H9ClN4O3. The van der Waals surface area contributed by atoms with E-state index in [0.717, 1.165) is 5.56 Å². The van der Waals surface area contributed by atoms with Gasteiger partial charge >= 0.3 is 6.01 Å². The fourth-order valence-corrected chi connectivity index (χ4v) is 1.50. The lowest BCUT2D eigenvalue weighted by atomic mass is 10.3. The largest absolute Gasteiger partial charge is 0.423 e. The van der Waals surface area contributed by atoms with E-state index in [1.54, 1.807) is 0 Å². The Balaban J connectivity index is 2.20. The topological polar surface area (TPSA) is 104 Å². The maximum atomic E-state index is 10.6. The molecule has 0 bridgehead atoms. The number of hydrogen-bond acceptors (Lipinski definition) is 6. The van der Waals surface area contributed by atoms with Gasteiger partial charge in [-0.1, -0.05) is 11.6 Å². The first-order valence-corrected chi connectivity index (χ1v) is 5.60. The molecule has 98 valence electrons. The maximum absolute atomic E-state index is 10.6. The Kier molecular flexibility index (Phi) is 3.88. The monoisotopic (exact) mass is 280 g/mol. The van der Waals surface area contributed by atoms with Crippen LogP contribution in [0, 0.1) is 10.1 Å². The summed E-state index contributed by atoms with van der Waals surface area (Å²) in [5, 5.41) is 10.7. The van der Waals surface area contributed by atoms with Gasteiger partial charge in [-0.2, -0.15) is 0 Å². The highest BCUT2D eigenvalue weighted by molar-refractivity contribution is 6.32. The second-order valence-corrected chi connectivity index (χ2v) is 3.96. The van der Waals surface area contributed by atoms with Crippen molar-refractivity contribution < 1.29 is 9.66 Å². The average molecular weight is 281 g/mol. The fraction of sp³-hybridized carbons (Fsp3) is 0.0909. The van der Waals surface area contributed by atoms with Crippen LogP contribution in [-0.4, -0.2) is 14.9 Å². The number of nitro benzene ring substituents is 1. The van der Waals surface area contributed by atoms with E-state index in [-0.39, 0.29) is 22.5 Å². The predicted octanol–water partition coefficient (Wildman–Crippen LogP) is 2.29. The van der Waals surface area contributed by atoms with Gasteiger partial charge < -0.3 is 10.5 Å². The predicted molar refractivity (Wildman–Crippen MR) is 68.1 cm³/mol. The average Bonchev–Trinajstić information content (AvgIpc) is 2.41. The van der Waals surface area contributed by atoms with Crippen LogP contribution in [-0.2, 0) is 6.54 Å². The maximum Gasteiger partial charge on any atom is 0.321 e. The van der Waals surface area contributed by atoms with Crippen molar-refractivity contribution in [1.29, 1.82) is 0 Å². The van der Waals surface area contributed by atoms with Crippen molar-refractivity contribution in [3.05, 3.63) is 51.3 Å². The molecule has 1 aromatic carbocycles. The lowest BCUT2D eigenvalue weighted by molar-refractivity contribution is -0.384. The first-order chi connectivity index (χ1) is 9.10. The molecule has 1 aromatic heterocycles. The molecule has 0 aliphatic rings. The van der Waals surface area contributed by atoms with Crippen molar-refractivity contribution in [3.8, 4) is 11.8 Å². The van der Waals surface area contributed by atoms with Gasteiger partial charge in [-0.05, 0) is 6.07 Å². The number of rotatable bonds is 4. The Hall–Kier alpha value is -2.25. The molecule has 1 heterocycles. The van der Waals surface area contributed by atoms with Gasteiger partial charge in [-0.15, -0.1) is 0 Å². The summed E-state index contributed by atoms with van der Waals surface area (Å²) >= 11 is 5.88. The summed E-state index contributed by atoms with van der Waals surface area (Å²) in [5.41, 5.74) is 6.07. The summed E-state index contributed by atoms with van der Waals surface area (Å²) < 4.78 is 5.33. The van der Waals surface area contributed by atoms with E-state index >= 15 is 0 Å². The second-order valence-electron chi connectivity index (χ2n) is 3.55. The van der Waals surface area contributed by atoms with Crippen molar-refractivity contribution in [1.82, 2.24) is 9.97 Å². The van der Waals surface area contributed by atoms with Crippen LogP contribution in [0.25, 0.3) is 0 Å². The van der Waals surface area contributed by atoms with Gasteiger partial charge in [-0.25, -0.2) is 9.97 Å². The van der Waals surface area contributed by atoms with Crippen molar-refractivity contribution in [3.63, 3.8) is 0 Å². The van der Waals surface area contributed by atoms with Gasteiger partial charge in [0.15, 0.2) is 0 Å². The smallest absolute Gasteiger partial charge is 0.321 e. The summed E-state index contributed by atoms with van der Waals surface area (Å²) in [4.78, 5) is 17.9. The van der Waals surface area contributed by atoms with E-state index in [0.29, 0.717) is 6.54 Å². The van der Waals surface area contributed by atoms with Crippen molar-refractivity contribution >= 4 is 17.3 Å². The standard InChI is InChI=1S/C11H9ClN4O3/c12-9-3-8(16(17)18)1-2-10(9)19-11-14-5-7(4-13)6-15-11/h1-3,5-6H,4,13H2. The van der Waals surface area contributed by atoms with Crippen LogP contribution in [0.5, 0.6) is 11.8 Å². The molecule has 19 heavy (non-hydrogen) atoms. The third-order valence-electron chi connectivity index (χ3n) is 2.24. The number of aromatic nitrogens is 2. The van der Waals surface area contributed by atoms with Gasteiger partial charge in [0.25, 0.3) is 5.69 Å².